The maximum atomic E-state index is 12.6. The van der Waals surface area contributed by atoms with Crippen LogP contribution in [-0.2, 0) is 28.3 Å². The second-order valence-corrected chi connectivity index (χ2v) is 6.84. The zero-order valence-electron chi connectivity index (χ0n) is 14.4. The molecule has 0 aliphatic carbocycles. The van der Waals surface area contributed by atoms with Gasteiger partial charge in [0.1, 0.15) is 18.3 Å². The van der Waals surface area contributed by atoms with Crippen LogP contribution in [0.15, 0.2) is 15.9 Å². The lowest BCUT2D eigenvalue weighted by molar-refractivity contribution is -0.199. The summed E-state index contributed by atoms with van der Waals surface area (Å²) in [6.07, 6.45) is -0.795. The highest BCUT2D eigenvalue weighted by Gasteiger charge is 2.56. The first-order chi connectivity index (χ1) is 11.7. The summed E-state index contributed by atoms with van der Waals surface area (Å²) in [6, 6.07) is 0. The number of rotatable bonds is 2. The molecular weight excluding hydrogens is 332 g/mol. The molecule has 4 atom stereocenters. The monoisotopic (exact) mass is 352 g/mol. The topological polar surface area (TPSA) is 110 Å². The zero-order chi connectivity index (χ0) is 18.1. The summed E-state index contributed by atoms with van der Waals surface area (Å²) in [5.41, 5.74) is -0.428. The van der Waals surface area contributed by atoms with Crippen LogP contribution in [0.5, 0.6) is 0 Å². The molecule has 1 N–H and O–H groups in total. The van der Waals surface area contributed by atoms with Crippen LogP contribution in [0.4, 0.5) is 0 Å². The predicted molar refractivity (Wildman–Crippen MR) is 85.0 cm³/mol. The Balaban J connectivity index is 1.88. The Morgan fingerprint density at radius 2 is 1.88 bits per heavy atom. The van der Waals surface area contributed by atoms with E-state index in [0.717, 1.165) is 4.57 Å². The van der Waals surface area contributed by atoms with E-state index < -0.39 is 41.6 Å². The van der Waals surface area contributed by atoms with E-state index in [-0.39, 0.29) is 17.8 Å². The van der Waals surface area contributed by atoms with Gasteiger partial charge in [0, 0.05) is 14.1 Å². The molecule has 2 aromatic heterocycles. The van der Waals surface area contributed by atoms with E-state index >= 15 is 0 Å². The van der Waals surface area contributed by atoms with Crippen molar-refractivity contribution in [2.45, 2.75) is 44.2 Å². The minimum atomic E-state index is -0.820. The maximum Gasteiger partial charge on any atom is 0.332 e. The van der Waals surface area contributed by atoms with Gasteiger partial charge in [-0.3, -0.25) is 18.5 Å². The Bertz CT molecular complexity index is 957. The molecule has 4 rings (SSSR count). The van der Waals surface area contributed by atoms with Gasteiger partial charge in [0.05, 0.1) is 12.9 Å². The molecular formula is C15H20N4O6. The van der Waals surface area contributed by atoms with Crippen molar-refractivity contribution in [2.75, 3.05) is 6.61 Å². The van der Waals surface area contributed by atoms with E-state index in [9.17, 15) is 14.7 Å². The standard InChI is InChI=1S/C15H20N4O6/c1-15(2)24-9-7(5-20)23-13(10(9)25-15)19-6-16-11-8(19)12(21)18(4)14(22)17(11)3/h6-7,9-10,13,20H,5H2,1-4H3/t7-,9-,10-,13-/m1/s1. The highest BCUT2D eigenvalue weighted by Crippen LogP contribution is 2.43. The number of imidazole rings is 1. The van der Waals surface area contributed by atoms with Gasteiger partial charge in [0.15, 0.2) is 23.2 Å². The Morgan fingerprint density at radius 1 is 1.20 bits per heavy atom. The average molecular weight is 352 g/mol. The molecule has 0 bridgehead atoms. The number of aromatic nitrogens is 4. The van der Waals surface area contributed by atoms with Crippen LogP contribution < -0.4 is 11.2 Å². The van der Waals surface area contributed by atoms with Crippen molar-refractivity contribution in [1.82, 2.24) is 18.7 Å². The van der Waals surface area contributed by atoms with Crippen LogP contribution in [0.3, 0.4) is 0 Å². The minimum Gasteiger partial charge on any atom is -0.394 e. The van der Waals surface area contributed by atoms with E-state index in [2.05, 4.69) is 4.98 Å². The molecule has 136 valence electrons. The van der Waals surface area contributed by atoms with Crippen molar-refractivity contribution < 1.29 is 19.3 Å². The van der Waals surface area contributed by atoms with Crippen LogP contribution in [0, 0.1) is 0 Å². The summed E-state index contributed by atoms with van der Waals surface area (Å²) in [7, 11) is 2.96. The van der Waals surface area contributed by atoms with E-state index in [4.69, 9.17) is 14.2 Å². The summed E-state index contributed by atoms with van der Waals surface area (Å²) in [5.74, 6) is -0.820. The minimum absolute atomic E-state index is 0.236. The molecule has 2 aromatic rings. The maximum absolute atomic E-state index is 12.6. The lowest BCUT2D eigenvalue weighted by Gasteiger charge is -2.24. The SMILES string of the molecule is Cn1c(=O)c2c(ncn2[C@@H]2O[C@H](CO)[C@H]3OC(C)(C)O[C@H]32)n(C)c1=O. The van der Waals surface area contributed by atoms with Crippen molar-refractivity contribution in [1.29, 1.82) is 0 Å². The van der Waals surface area contributed by atoms with Gasteiger partial charge in [-0.15, -0.1) is 0 Å². The Morgan fingerprint density at radius 3 is 2.56 bits per heavy atom. The van der Waals surface area contributed by atoms with Crippen molar-refractivity contribution in [2.24, 2.45) is 14.1 Å². The number of aryl methyl sites for hydroxylation is 1. The van der Waals surface area contributed by atoms with Crippen LogP contribution in [0.2, 0.25) is 0 Å². The molecule has 2 saturated heterocycles. The third kappa shape index (κ3) is 2.21. The highest BCUT2D eigenvalue weighted by molar-refractivity contribution is 5.70. The van der Waals surface area contributed by atoms with Crippen molar-refractivity contribution >= 4 is 11.2 Å². The molecule has 25 heavy (non-hydrogen) atoms. The van der Waals surface area contributed by atoms with Gasteiger partial charge >= 0.3 is 5.69 Å². The number of aliphatic hydroxyl groups excluding tert-OH is 1. The normalized spacial score (nSPS) is 30.9. The molecule has 10 nitrogen and oxygen atoms in total. The van der Waals surface area contributed by atoms with Gasteiger partial charge in [0.25, 0.3) is 5.56 Å². The fourth-order valence-corrected chi connectivity index (χ4v) is 3.59. The van der Waals surface area contributed by atoms with E-state index in [1.165, 1.54) is 17.9 Å². The zero-order valence-corrected chi connectivity index (χ0v) is 14.4. The average Bonchev–Trinajstić information content (AvgIpc) is 3.21. The smallest absolute Gasteiger partial charge is 0.332 e. The van der Waals surface area contributed by atoms with Crippen LogP contribution in [-0.4, -0.2) is 54.5 Å². The van der Waals surface area contributed by atoms with Crippen molar-refractivity contribution in [3.05, 3.63) is 27.2 Å². The molecule has 2 aliphatic rings. The van der Waals surface area contributed by atoms with E-state index in [1.807, 2.05) is 0 Å². The van der Waals surface area contributed by atoms with Gasteiger partial charge in [-0.05, 0) is 13.8 Å². The van der Waals surface area contributed by atoms with Gasteiger partial charge in [-0.1, -0.05) is 0 Å². The second-order valence-electron chi connectivity index (χ2n) is 6.84. The largest absolute Gasteiger partial charge is 0.394 e. The van der Waals surface area contributed by atoms with Gasteiger partial charge in [-0.25, -0.2) is 9.78 Å². The number of hydrogen-bond donors (Lipinski definition) is 1. The Kier molecular flexibility index (Phi) is 3.45. The molecule has 0 radical (unpaired) electrons. The molecule has 10 heteroatoms. The summed E-state index contributed by atoms with van der Waals surface area (Å²) in [4.78, 5) is 28.9. The Hall–Kier alpha value is -2.01. The first kappa shape index (κ1) is 16.5. The lowest BCUT2D eigenvalue weighted by Crippen LogP contribution is -2.38. The third-order valence-corrected chi connectivity index (χ3v) is 4.75. The number of hydrogen-bond acceptors (Lipinski definition) is 7. The molecule has 0 aromatic carbocycles. The molecule has 2 fully saturated rings. The summed E-state index contributed by atoms with van der Waals surface area (Å²) >= 11 is 0. The van der Waals surface area contributed by atoms with Crippen LogP contribution >= 0.6 is 0 Å². The highest BCUT2D eigenvalue weighted by atomic mass is 16.8. The first-order valence-corrected chi connectivity index (χ1v) is 7.99. The molecule has 0 spiro atoms. The third-order valence-electron chi connectivity index (χ3n) is 4.75. The molecule has 0 amide bonds. The fraction of sp³-hybridized carbons (Fsp3) is 0.667. The summed E-state index contributed by atoms with van der Waals surface area (Å²) in [5, 5.41) is 9.59. The number of ether oxygens (including phenoxy) is 3. The lowest BCUT2D eigenvalue weighted by atomic mass is 10.1. The first-order valence-electron chi connectivity index (χ1n) is 7.99. The second kappa shape index (κ2) is 5.24. The molecule has 2 aliphatic heterocycles. The number of nitrogens with zero attached hydrogens (tertiary/aromatic N) is 4. The summed E-state index contributed by atoms with van der Waals surface area (Å²) in [6.45, 7) is 3.33. The number of aliphatic hydroxyl groups is 1. The molecule has 0 saturated carbocycles. The summed E-state index contributed by atoms with van der Waals surface area (Å²) < 4.78 is 21.5. The van der Waals surface area contributed by atoms with Gasteiger partial charge in [-0.2, -0.15) is 0 Å². The van der Waals surface area contributed by atoms with E-state index in [1.54, 1.807) is 25.5 Å². The van der Waals surface area contributed by atoms with Gasteiger partial charge < -0.3 is 19.3 Å². The van der Waals surface area contributed by atoms with E-state index in [0.29, 0.717) is 0 Å². The van der Waals surface area contributed by atoms with Crippen LogP contribution in [0.1, 0.15) is 20.1 Å². The van der Waals surface area contributed by atoms with Crippen molar-refractivity contribution in [3.8, 4) is 0 Å². The fourth-order valence-electron chi connectivity index (χ4n) is 3.59. The van der Waals surface area contributed by atoms with Gasteiger partial charge in [0.2, 0.25) is 0 Å². The predicted octanol–water partition coefficient (Wildman–Crippen LogP) is -1.16. The molecule has 4 heterocycles. The van der Waals surface area contributed by atoms with Crippen LogP contribution in [0.25, 0.3) is 11.2 Å². The quantitative estimate of drug-likeness (QED) is 0.726. The Labute approximate surface area is 142 Å². The molecule has 0 unspecified atom stereocenters. The van der Waals surface area contributed by atoms with Crippen molar-refractivity contribution in [3.63, 3.8) is 0 Å². The number of fused-ring (bicyclic) bond motifs is 2.